The second-order valence-corrected chi connectivity index (χ2v) is 9.07. The summed E-state index contributed by atoms with van der Waals surface area (Å²) in [5, 5.41) is 4.05. The lowest BCUT2D eigenvalue weighted by molar-refractivity contribution is -0.113. The molecule has 5 rings (SSSR count). The Kier molecular flexibility index (Phi) is 6.65. The van der Waals surface area contributed by atoms with Gasteiger partial charge in [0.25, 0.3) is 5.56 Å². The van der Waals surface area contributed by atoms with Crippen molar-refractivity contribution in [3.05, 3.63) is 52.8 Å². The number of benzene rings is 2. The van der Waals surface area contributed by atoms with Gasteiger partial charge in [0, 0.05) is 18.1 Å². The number of carbonyl (C=O) groups excluding carboxylic acids is 1. The third-order valence-electron chi connectivity index (χ3n) is 5.87. The van der Waals surface area contributed by atoms with Crippen LogP contribution in [0.1, 0.15) is 12.8 Å². The molecule has 10 heteroatoms. The molecule has 1 aliphatic heterocycles. The minimum atomic E-state index is -0.279. The van der Waals surface area contributed by atoms with Gasteiger partial charge in [0.2, 0.25) is 11.5 Å². The third-order valence-corrected chi connectivity index (χ3v) is 6.85. The Morgan fingerprint density at radius 1 is 1.23 bits per heavy atom. The molecule has 35 heavy (non-hydrogen) atoms. The molecule has 1 aliphatic rings. The van der Waals surface area contributed by atoms with Crippen molar-refractivity contribution in [2.24, 2.45) is 0 Å². The van der Waals surface area contributed by atoms with Crippen LogP contribution in [0.25, 0.3) is 22.1 Å². The molecule has 9 nitrogen and oxygen atoms in total. The van der Waals surface area contributed by atoms with E-state index in [0.717, 1.165) is 18.2 Å². The lowest BCUT2D eigenvalue weighted by atomic mass is 10.2. The highest BCUT2D eigenvalue weighted by molar-refractivity contribution is 7.99. The van der Waals surface area contributed by atoms with Gasteiger partial charge in [0.15, 0.2) is 5.16 Å². The second kappa shape index (κ2) is 10.0. The van der Waals surface area contributed by atoms with Crippen molar-refractivity contribution < 1.29 is 23.4 Å². The fourth-order valence-electron chi connectivity index (χ4n) is 4.14. The summed E-state index contributed by atoms with van der Waals surface area (Å²) in [5.74, 6) is 0.887. The predicted molar refractivity (Wildman–Crippen MR) is 134 cm³/mol. The van der Waals surface area contributed by atoms with E-state index in [1.54, 1.807) is 29.9 Å². The number of hydrogen-bond donors (Lipinski definition) is 1. The van der Waals surface area contributed by atoms with Gasteiger partial charge in [0.1, 0.15) is 22.6 Å². The van der Waals surface area contributed by atoms with E-state index in [2.05, 4.69) is 5.32 Å². The molecule has 1 amide bonds. The Morgan fingerprint density at radius 3 is 2.86 bits per heavy atom. The molecule has 2 aromatic heterocycles. The topological polar surface area (TPSA) is 105 Å². The molecule has 0 saturated carbocycles. The van der Waals surface area contributed by atoms with Crippen molar-refractivity contribution in [2.75, 3.05) is 31.9 Å². The Morgan fingerprint density at radius 2 is 2.09 bits per heavy atom. The Hall–Kier alpha value is -3.50. The summed E-state index contributed by atoms with van der Waals surface area (Å²) in [5.41, 5.74) is 1.52. The fourth-order valence-corrected chi connectivity index (χ4v) is 4.95. The van der Waals surface area contributed by atoms with Crippen LogP contribution in [0, 0.1) is 0 Å². The van der Waals surface area contributed by atoms with Gasteiger partial charge in [-0.1, -0.05) is 23.9 Å². The Bertz CT molecular complexity index is 1440. The number of carbonyl (C=O) groups is 1. The van der Waals surface area contributed by atoms with Crippen LogP contribution in [-0.2, 0) is 16.1 Å². The standard InChI is InChI=1S/C25H25N3O6S/c1-31-15-9-10-20(32-2)18(12-15)26-21(29)14-35-25-27-22-17-7-3-4-8-19(17)34-23(22)24(30)28(25)13-16-6-5-11-33-16/h3-4,7-10,12,16H,5-6,11,13-14H2,1-2H3,(H,26,29)/t16-/m1/s1. The highest BCUT2D eigenvalue weighted by Gasteiger charge is 2.23. The summed E-state index contributed by atoms with van der Waals surface area (Å²) < 4.78 is 23.7. The molecule has 0 radical (unpaired) electrons. The van der Waals surface area contributed by atoms with Crippen molar-refractivity contribution in [2.45, 2.75) is 30.6 Å². The first-order chi connectivity index (χ1) is 17.1. The maximum Gasteiger partial charge on any atom is 0.297 e. The van der Waals surface area contributed by atoms with Crippen molar-refractivity contribution in [3.63, 3.8) is 0 Å². The van der Waals surface area contributed by atoms with Crippen LogP contribution < -0.4 is 20.3 Å². The van der Waals surface area contributed by atoms with Gasteiger partial charge in [-0.2, -0.15) is 0 Å². The zero-order valence-corrected chi connectivity index (χ0v) is 20.2. The Labute approximate surface area is 205 Å². The zero-order chi connectivity index (χ0) is 24.4. The number of furan rings is 1. The van der Waals surface area contributed by atoms with E-state index in [1.807, 2.05) is 24.3 Å². The number of methoxy groups -OCH3 is 2. The summed E-state index contributed by atoms with van der Waals surface area (Å²) in [4.78, 5) is 31.0. The van der Waals surface area contributed by atoms with Gasteiger partial charge in [-0.05, 0) is 37.1 Å². The number of hydrogen-bond acceptors (Lipinski definition) is 8. The van der Waals surface area contributed by atoms with E-state index in [9.17, 15) is 9.59 Å². The van der Waals surface area contributed by atoms with E-state index in [1.165, 1.54) is 18.9 Å². The van der Waals surface area contributed by atoms with Crippen LogP contribution >= 0.6 is 11.8 Å². The number of nitrogens with zero attached hydrogens (tertiary/aromatic N) is 2. The quantitative estimate of drug-likeness (QED) is 0.288. The molecule has 1 fully saturated rings. The Balaban J connectivity index is 1.45. The number of anilines is 1. The molecule has 0 aliphatic carbocycles. The summed E-state index contributed by atoms with van der Waals surface area (Å²) >= 11 is 1.19. The van der Waals surface area contributed by atoms with Crippen LogP contribution in [-0.4, -0.2) is 48.1 Å². The molecule has 0 unspecified atom stereocenters. The van der Waals surface area contributed by atoms with Crippen molar-refractivity contribution in [1.29, 1.82) is 0 Å². The summed E-state index contributed by atoms with van der Waals surface area (Å²) in [6, 6.07) is 12.6. The molecule has 0 spiro atoms. The molecule has 4 aromatic rings. The number of fused-ring (bicyclic) bond motifs is 3. The predicted octanol–water partition coefficient (Wildman–Crippen LogP) is 4.07. The van der Waals surface area contributed by atoms with Crippen LogP contribution in [0.3, 0.4) is 0 Å². The van der Waals surface area contributed by atoms with E-state index in [-0.39, 0.29) is 28.9 Å². The highest BCUT2D eigenvalue weighted by atomic mass is 32.2. The van der Waals surface area contributed by atoms with Gasteiger partial charge in [-0.3, -0.25) is 14.2 Å². The summed E-state index contributed by atoms with van der Waals surface area (Å²) in [7, 11) is 3.09. The third kappa shape index (κ3) is 4.71. The number of thioether (sulfide) groups is 1. The smallest absolute Gasteiger partial charge is 0.297 e. The first-order valence-electron chi connectivity index (χ1n) is 11.3. The first kappa shape index (κ1) is 23.3. The number of ether oxygens (including phenoxy) is 3. The molecule has 1 saturated heterocycles. The van der Waals surface area contributed by atoms with Crippen molar-refractivity contribution in [1.82, 2.24) is 9.55 Å². The molecule has 1 atom stereocenters. The van der Waals surface area contributed by atoms with Gasteiger partial charge >= 0.3 is 0 Å². The maximum absolute atomic E-state index is 13.4. The van der Waals surface area contributed by atoms with Gasteiger partial charge in [0.05, 0.1) is 38.3 Å². The van der Waals surface area contributed by atoms with Crippen LogP contribution in [0.15, 0.2) is 56.8 Å². The highest BCUT2D eigenvalue weighted by Crippen LogP contribution is 2.30. The largest absolute Gasteiger partial charge is 0.497 e. The number of para-hydroxylation sites is 1. The number of amides is 1. The van der Waals surface area contributed by atoms with Crippen LogP contribution in [0.5, 0.6) is 11.5 Å². The SMILES string of the molecule is COc1ccc(OC)c(NC(=O)CSc2nc3c(oc4ccccc43)c(=O)n2C[C@H]2CCCO2)c1. The normalized spacial score (nSPS) is 15.5. The lowest BCUT2D eigenvalue weighted by Crippen LogP contribution is -2.29. The number of nitrogens with one attached hydrogen (secondary N) is 1. The monoisotopic (exact) mass is 495 g/mol. The second-order valence-electron chi connectivity index (χ2n) is 8.12. The average molecular weight is 496 g/mol. The molecule has 1 N–H and O–H groups in total. The number of rotatable bonds is 8. The maximum atomic E-state index is 13.4. The van der Waals surface area contributed by atoms with Gasteiger partial charge in [-0.15, -0.1) is 0 Å². The van der Waals surface area contributed by atoms with Crippen LogP contribution in [0.2, 0.25) is 0 Å². The van der Waals surface area contributed by atoms with E-state index < -0.39 is 0 Å². The molecular weight excluding hydrogens is 470 g/mol. The van der Waals surface area contributed by atoms with E-state index in [4.69, 9.17) is 23.6 Å². The lowest BCUT2D eigenvalue weighted by Gasteiger charge is -2.15. The minimum Gasteiger partial charge on any atom is -0.497 e. The van der Waals surface area contributed by atoms with Crippen LogP contribution in [0.4, 0.5) is 5.69 Å². The fraction of sp³-hybridized carbons (Fsp3) is 0.320. The van der Waals surface area contributed by atoms with Crippen molar-refractivity contribution >= 4 is 45.4 Å². The molecule has 182 valence electrons. The molecule has 3 heterocycles. The molecule has 2 aromatic carbocycles. The molecule has 0 bridgehead atoms. The van der Waals surface area contributed by atoms with Gasteiger partial charge in [-0.25, -0.2) is 4.98 Å². The summed E-state index contributed by atoms with van der Waals surface area (Å²) in [6.45, 7) is 1.03. The minimum absolute atomic E-state index is 0.0413. The first-order valence-corrected chi connectivity index (χ1v) is 12.2. The molecular formula is C25H25N3O6S. The summed E-state index contributed by atoms with van der Waals surface area (Å²) in [6.07, 6.45) is 1.74. The number of aromatic nitrogens is 2. The average Bonchev–Trinajstić information content (AvgIpc) is 3.52. The van der Waals surface area contributed by atoms with Crippen molar-refractivity contribution in [3.8, 4) is 11.5 Å². The zero-order valence-electron chi connectivity index (χ0n) is 19.4. The van der Waals surface area contributed by atoms with E-state index in [0.29, 0.717) is 46.6 Å². The van der Waals surface area contributed by atoms with Gasteiger partial charge < -0.3 is 23.9 Å². The van der Waals surface area contributed by atoms with E-state index >= 15 is 0 Å².